The summed E-state index contributed by atoms with van der Waals surface area (Å²) in [7, 11) is 1.58. The van der Waals surface area contributed by atoms with Gasteiger partial charge in [0.25, 0.3) is 0 Å². The van der Waals surface area contributed by atoms with Crippen LogP contribution in [-0.4, -0.2) is 7.11 Å². The van der Waals surface area contributed by atoms with Crippen LogP contribution in [0.2, 0.25) is 10.0 Å². The van der Waals surface area contributed by atoms with Crippen molar-refractivity contribution >= 4 is 50.8 Å². The van der Waals surface area contributed by atoms with Crippen molar-refractivity contribution in [2.75, 3.05) is 7.11 Å². The molecule has 6 heteroatoms. The summed E-state index contributed by atoms with van der Waals surface area (Å²) in [6, 6.07) is 20.5. The van der Waals surface area contributed by atoms with Gasteiger partial charge in [0, 0.05) is 14.5 Å². The lowest BCUT2D eigenvalue weighted by atomic mass is 10.0. The first-order valence-corrected chi connectivity index (χ1v) is 10.2. The highest BCUT2D eigenvalue weighted by atomic mass is 79.9. The Hall–Kier alpha value is -2.45. The second kappa shape index (κ2) is 9.84. The average molecular weight is 489 g/mol. The van der Waals surface area contributed by atoms with E-state index in [1.807, 2.05) is 48.5 Å². The lowest BCUT2D eigenvalue weighted by Crippen LogP contribution is -1.98. The molecule has 0 aliphatic heterocycles. The van der Waals surface area contributed by atoms with Crippen molar-refractivity contribution in [3.63, 3.8) is 0 Å². The monoisotopic (exact) mass is 487 g/mol. The van der Waals surface area contributed by atoms with Crippen molar-refractivity contribution in [3.8, 4) is 17.6 Å². The third-order valence-electron chi connectivity index (χ3n) is 4.17. The number of nitrogens with zero attached hydrogens (tertiary/aromatic N) is 1. The molecule has 146 valence electrons. The zero-order valence-corrected chi connectivity index (χ0v) is 18.6. The van der Waals surface area contributed by atoms with Gasteiger partial charge in [-0.15, -0.1) is 0 Å². The number of rotatable bonds is 6. The van der Waals surface area contributed by atoms with Gasteiger partial charge in [-0.1, -0.05) is 63.4 Å². The van der Waals surface area contributed by atoms with Crippen molar-refractivity contribution in [1.82, 2.24) is 0 Å². The molecule has 0 aliphatic rings. The summed E-state index contributed by atoms with van der Waals surface area (Å²) in [6.07, 6.45) is 1.79. The molecule has 0 spiro atoms. The van der Waals surface area contributed by atoms with Crippen LogP contribution < -0.4 is 9.47 Å². The summed E-state index contributed by atoms with van der Waals surface area (Å²) < 4.78 is 12.2. The molecule has 0 saturated heterocycles. The average Bonchev–Trinajstić information content (AvgIpc) is 2.73. The fourth-order valence-electron chi connectivity index (χ4n) is 2.64. The topological polar surface area (TPSA) is 42.2 Å². The third-order valence-corrected chi connectivity index (χ3v) is 5.36. The molecule has 3 aromatic carbocycles. The van der Waals surface area contributed by atoms with Gasteiger partial charge in [-0.2, -0.15) is 5.26 Å². The van der Waals surface area contributed by atoms with E-state index in [1.165, 1.54) is 0 Å². The number of methoxy groups -OCH3 is 1. The molecule has 0 amide bonds. The summed E-state index contributed by atoms with van der Waals surface area (Å²) in [5.41, 5.74) is 3.09. The minimum Gasteiger partial charge on any atom is -0.493 e. The quantitative estimate of drug-likeness (QED) is 0.268. The molecule has 0 aliphatic carbocycles. The Morgan fingerprint density at radius 3 is 2.21 bits per heavy atom. The maximum absolute atomic E-state index is 9.58. The number of halogens is 3. The predicted molar refractivity (Wildman–Crippen MR) is 121 cm³/mol. The summed E-state index contributed by atoms with van der Waals surface area (Å²) in [5.74, 6) is 1.17. The van der Waals surface area contributed by atoms with E-state index in [4.69, 9.17) is 32.7 Å². The van der Waals surface area contributed by atoms with E-state index in [0.29, 0.717) is 33.7 Å². The van der Waals surface area contributed by atoms with Crippen molar-refractivity contribution in [3.05, 3.63) is 91.9 Å². The Labute approximate surface area is 188 Å². The van der Waals surface area contributed by atoms with Crippen LogP contribution in [0.4, 0.5) is 0 Å². The number of benzene rings is 3. The maximum Gasteiger partial charge on any atom is 0.162 e. The van der Waals surface area contributed by atoms with Gasteiger partial charge < -0.3 is 9.47 Å². The highest BCUT2D eigenvalue weighted by Crippen LogP contribution is 2.36. The largest absolute Gasteiger partial charge is 0.493 e. The van der Waals surface area contributed by atoms with Crippen LogP contribution in [0.15, 0.2) is 65.1 Å². The first kappa shape index (κ1) is 21.3. The zero-order valence-electron chi connectivity index (χ0n) is 15.5. The molecule has 0 fully saturated rings. The highest BCUT2D eigenvalue weighted by molar-refractivity contribution is 9.10. The first-order chi connectivity index (χ1) is 14.0. The van der Waals surface area contributed by atoms with Crippen LogP contribution in [0.25, 0.3) is 11.6 Å². The van der Waals surface area contributed by atoms with Gasteiger partial charge >= 0.3 is 0 Å². The summed E-state index contributed by atoms with van der Waals surface area (Å²) in [5, 5.41) is 10.9. The normalized spacial score (nSPS) is 11.1. The van der Waals surface area contributed by atoms with E-state index in [0.717, 1.165) is 21.2 Å². The Morgan fingerprint density at radius 2 is 1.62 bits per heavy atom. The van der Waals surface area contributed by atoms with Crippen LogP contribution in [0, 0.1) is 11.3 Å². The Morgan fingerprint density at radius 1 is 1.00 bits per heavy atom. The van der Waals surface area contributed by atoms with E-state index in [9.17, 15) is 5.26 Å². The van der Waals surface area contributed by atoms with Gasteiger partial charge in [-0.05, 0) is 59.2 Å². The number of nitriles is 1. The molecular formula is C23H16BrCl2NO2. The zero-order chi connectivity index (χ0) is 20.8. The molecule has 29 heavy (non-hydrogen) atoms. The molecule has 3 aromatic rings. The van der Waals surface area contributed by atoms with Gasteiger partial charge in [0.1, 0.15) is 6.61 Å². The molecule has 0 saturated carbocycles. The van der Waals surface area contributed by atoms with E-state index < -0.39 is 0 Å². The summed E-state index contributed by atoms with van der Waals surface area (Å²) >= 11 is 15.4. The minimum atomic E-state index is 0.378. The van der Waals surface area contributed by atoms with Crippen LogP contribution in [0.3, 0.4) is 0 Å². The van der Waals surface area contributed by atoms with Crippen LogP contribution in [0.1, 0.15) is 16.7 Å². The van der Waals surface area contributed by atoms with E-state index in [1.54, 1.807) is 25.3 Å². The second-order valence-electron chi connectivity index (χ2n) is 6.12. The van der Waals surface area contributed by atoms with Crippen molar-refractivity contribution in [2.45, 2.75) is 6.61 Å². The number of allylic oxidation sites excluding steroid dienone is 1. The van der Waals surface area contributed by atoms with E-state index in [-0.39, 0.29) is 0 Å². The molecule has 0 bridgehead atoms. The van der Waals surface area contributed by atoms with Gasteiger partial charge in [-0.3, -0.25) is 0 Å². The van der Waals surface area contributed by atoms with Gasteiger partial charge in [0.05, 0.1) is 18.8 Å². The van der Waals surface area contributed by atoms with Gasteiger partial charge in [0.15, 0.2) is 11.5 Å². The van der Waals surface area contributed by atoms with Crippen LogP contribution >= 0.6 is 39.1 Å². The Bertz CT molecular complexity index is 1070. The van der Waals surface area contributed by atoms with Crippen LogP contribution in [0.5, 0.6) is 11.5 Å². The predicted octanol–water partition coefficient (Wildman–Crippen LogP) is 7.41. The van der Waals surface area contributed by atoms with E-state index >= 15 is 0 Å². The Kier molecular flexibility index (Phi) is 7.22. The standard InChI is InChI=1S/C23H16BrCl2NO2/c1-28-22-11-17(10-18(13-27)16-4-8-20(26)9-5-16)21(24)12-23(22)29-14-15-2-6-19(25)7-3-15/h2-12H,14H2,1H3/b18-10+. The maximum atomic E-state index is 9.58. The van der Waals surface area contributed by atoms with Gasteiger partial charge in [-0.25, -0.2) is 0 Å². The van der Waals surface area contributed by atoms with Crippen molar-refractivity contribution in [1.29, 1.82) is 5.26 Å². The lowest BCUT2D eigenvalue weighted by molar-refractivity contribution is 0.284. The molecule has 0 N–H and O–H groups in total. The minimum absolute atomic E-state index is 0.378. The molecule has 0 unspecified atom stereocenters. The fourth-order valence-corrected chi connectivity index (χ4v) is 3.33. The smallest absolute Gasteiger partial charge is 0.162 e. The molecule has 3 rings (SSSR count). The summed E-state index contributed by atoms with van der Waals surface area (Å²) in [4.78, 5) is 0. The molecule has 0 atom stereocenters. The molecule has 3 nitrogen and oxygen atoms in total. The number of hydrogen-bond donors (Lipinski definition) is 0. The fraction of sp³-hybridized carbons (Fsp3) is 0.0870. The Balaban J connectivity index is 1.88. The number of hydrogen-bond acceptors (Lipinski definition) is 3. The summed E-state index contributed by atoms with van der Waals surface area (Å²) in [6.45, 7) is 0.378. The molecule has 0 aromatic heterocycles. The third kappa shape index (κ3) is 5.55. The first-order valence-electron chi connectivity index (χ1n) is 8.62. The molecule has 0 radical (unpaired) electrons. The van der Waals surface area contributed by atoms with E-state index in [2.05, 4.69) is 22.0 Å². The second-order valence-corrected chi connectivity index (χ2v) is 7.84. The van der Waals surface area contributed by atoms with Crippen molar-refractivity contribution < 1.29 is 9.47 Å². The SMILES string of the molecule is COc1cc(/C=C(\C#N)c2ccc(Cl)cc2)c(Br)cc1OCc1ccc(Cl)cc1. The van der Waals surface area contributed by atoms with Gasteiger partial charge in [0.2, 0.25) is 0 Å². The highest BCUT2D eigenvalue weighted by Gasteiger charge is 2.11. The van der Waals surface area contributed by atoms with Crippen molar-refractivity contribution in [2.24, 2.45) is 0 Å². The number of ether oxygens (including phenoxy) is 2. The molecule has 0 heterocycles. The molecular weight excluding hydrogens is 473 g/mol. The van der Waals surface area contributed by atoms with Crippen LogP contribution in [-0.2, 0) is 6.61 Å². The lowest BCUT2D eigenvalue weighted by Gasteiger charge is -2.13.